The Kier molecular flexibility index (Phi) is 34.1. The quantitative estimate of drug-likeness (QED) is 0.0236. The molecule has 5 aromatic rings. The molecule has 5 aromatic carbocycles. The van der Waals surface area contributed by atoms with E-state index in [1.807, 2.05) is 30.3 Å². The van der Waals surface area contributed by atoms with Gasteiger partial charge in [-0.1, -0.05) is 0 Å². The summed E-state index contributed by atoms with van der Waals surface area (Å²) in [4.78, 5) is 94.7. The van der Waals surface area contributed by atoms with Gasteiger partial charge in [-0.15, -0.1) is 0 Å². The molecule has 0 saturated heterocycles. The van der Waals surface area contributed by atoms with Crippen molar-refractivity contribution in [2.45, 2.75) is 62.3 Å². The average Bonchev–Trinajstić information content (AvgIpc) is 0.820. The van der Waals surface area contributed by atoms with E-state index in [1.54, 1.807) is 30.3 Å². The van der Waals surface area contributed by atoms with Crippen LogP contribution in [0.5, 0.6) is 0 Å². The van der Waals surface area contributed by atoms with E-state index >= 15 is 0 Å². The lowest BCUT2D eigenvalue weighted by Crippen LogP contribution is -2.61. The number of amides is 5. The number of halogens is 15. The summed E-state index contributed by atoms with van der Waals surface area (Å²) in [7, 11) is -9.22. The molecule has 486 valence electrons. The molecule has 5 N–H and O–H groups in total. The first-order chi connectivity index (χ1) is 41.9. The average molecular weight is 2950 g/mol. The van der Waals surface area contributed by atoms with E-state index < -0.39 is 111 Å². The van der Waals surface area contributed by atoms with Crippen LogP contribution in [-0.4, -0.2) is 122 Å². The summed E-state index contributed by atoms with van der Waals surface area (Å²) in [6.07, 6.45) is 1.05. The van der Waals surface area contributed by atoms with Crippen molar-refractivity contribution in [2.24, 2.45) is 11.8 Å². The summed E-state index contributed by atoms with van der Waals surface area (Å²) < 4.78 is 89.7. The molecular formula is C53H40I15N5O15S2-2. The van der Waals surface area contributed by atoms with Crippen LogP contribution in [0.25, 0.3) is 0 Å². The molecule has 0 radical (unpaired) electrons. The summed E-state index contributed by atoms with van der Waals surface area (Å²) in [6, 6.07) is 15.0. The second kappa shape index (κ2) is 37.4. The SMILES string of the molecule is O=C(NC1CC(NC(=O)c2cc(I)cc(I)c2I)C(C(=O)OCCS(=O)(=O)[O-])C(NC(=O)c2cc(I)cc(I)c2I)C1)c1cc(I)cc(I)c1I.O=C(NC1CC(NC(=O)c2cc(I)cc(I)c2I)CC(C(=O)OCCS(=O)(=O)[O-])C1)c1cc(I)cc(I)c1I. The summed E-state index contributed by atoms with van der Waals surface area (Å²) in [5.74, 6) is -7.18. The molecule has 0 aromatic heterocycles. The molecule has 0 bridgehead atoms. The first-order valence-electron chi connectivity index (χ1n) is 25.4. The smallest absolute Gasteiger partial charge is 0.313 e. The maximum atomic E-state index is 13.9. The second-order valence-corrected chi connectivity index (χ2v) is 40.2. The van der Waals surface area contributed by atoms with Gasteiger partial charge in [0.1, 0.15) is 13.2 Å². The first kappa shape index (κ1) is 82.1. The van der Waals surface area contributed by atoms with Gasteiger partial charge in [0, 0.05) is 83.8 Å². The minimum atomic E-state index is -4.69. The largest absolute Gasteiger partial charge is 0.748 e. The van der Waals surface area contributed by atoms with Gasteiger partial charge < -0.3 is 45.2 Å². The van der Waals surface area contributed by atoms with Crippen LogP contribution in [0.3, 0.4) is 0 Å². The molecule has 7 rings (SSSR count). The fourth-order valence-electron chi connectivity index (χ4n) is 9.36. The Balaban J connectivity index is 0.000000297. The van der Waals surface area contributed by atoms with E-state index in [4.69, 9.17) is 9.47 Å². The highest BCUT2D eigenvalue weighted by Crippen LogP contribution is 2.34. The number of carbonyl (C=O) groups is 7. The third-order valence-corrected chi connectivity index (χ3v) is 32.9. The molecule has 2 aliphatic carbocycles. The van der Waals surface area contributed by atoms with Gasteiger partial charge in [-0.2, -0.15) is 0 Å². The van der Waals surface area contributed by atoms with E-state index in [1.165, 1.54) is 0 Å². The van der Waals surface area contributed by atoms with Gasteiger partial charge in [0.15, 0.2) is 0 Å². The highest BCUT2D eigenvalue weighted by atomic mass is 127. The van der Waals surface area contributed by atoms with Crippen molar-refractivity contribution in [3.63, 3.8) is 0 Å². The molecule has 90 heavy (non-hydrogen) atoms. The van der Waals surface area contributed by atoms with E-state index in [0.29, 0.717) is 41.4 Å². The normalized spacial score (nSPS) is 19.1. The Morgan fingerprint density at radius 3 is 0.878 bits per heavy atom. The van der Waals surface area contributed by atoms with Crippen molar-refractivity contribution < 1.29 is 69.0 Å². The molecule has 0 heterocycles. The molecule has 0 aliphatic heterocycles. The third kappa shape index (κ3) is 24.7. The summed E-state index contributed by atoms with van der Waals surface area (Å²) in [5.41, 5.74) is 2.23. The second-order valence-electron chi connectivity index (χ2n) is 19.7. The molecule has 0 spiro atoms. The standard InChI is InChI=1S/C30H22I9N3O8S.C23H20I6N2O7S/c31-11-3-15(24(37)18(34)6-11)27(43)40-14-9-21(41-28(44)16-4-12(32)7-19(35)25(16)38)23(30(46)50-1-2-51(47,48)49)22(10-14)42-29(45)17-5-13(33)8-20(36)26(17)39;24-11-5-15(19(28)17(26)7-11)21(32)30-13-3-10(23(34)38-1-2-39(35,36)37)4-14(9-13)31-22(33)16-6-12(25)8-18(27)20(16)29/h3-8,14,21-23H,1-2,9-10H2,(H,40,43)(H,41,44)(H,42,45)(H,47,48,49);5-8,10,13-14H,1-4,9H2,(H,30,32)(H,31,33)(H,35,36,37)/p-2. The number of esters is 2. The van der Waals surface area contributed by atoms with Crippen LogP contribution in [0, 0.1) is 65.4 Å². The molecule has 2 saturated carbocycles. The number of hydrogen-bond acceptors (Lipinski definition) is 15. The third-order valence-electron chi connectivity index (χ3n) is 13.2. The predicted molar refractivity (Wildman–Crippen MR) is 460 cm³/mol. The van der Waals surface area contributed by atoms with E-state index in [0.717, 1.165) is 46.4 Å². The van der Waals surface area contributed by atoms with Gasteiger partial charge in [-0.05, 0) is 432 Å². The lowest BCUT2D eigenvalue weighted by atomic mass is 9.77. The Bertz CT molecular complexity index is 3750. The molecule has 4 unspecified atom stereocenters. The number of nitrogens with one attached hydrogen (secondary N) is 5. The van der Waals surface area contributed by atoms with Crippen molar-refractivity contribution in [3.05, 3.63) is 142 Å². The van der Waals surface area contributed by atoms with Crippen LogP contribution >= 0.6 is 339 Å². The highest BCUT2D eigenvalue weighted by molar-refractivity contribution is 14.1. The van der Waals surface area contributed by atoms with Crippen molar-refractivity contribution >= 4 is 401 Å². The fourth-order valence-corrected chi connectivity index (χ4v) is 21.9. The highest BCUT2D eigenvalue weighted by Gasteiger charge is 2.46. The topological polar surface area (TPSA) is 312 Å². The van der Waals surface area contributed by atoms with E-state index in [-0.39, 0.29) is 43.4 Å². The van der Waals surface area contributed by atoms with Crippen molar-refractivity contribution in [2.75, 3.05) is 24.7 Å². The summed E-state index contributed by atoms with van der Waals surface area (Å²) in [6.45, 7) is -1.25. The van der Waals surface area contributed by atoms with Gasteiger partial charge in [0.05, 0.1) is 71.4 Å². The zero-order valence-corrected chi connectivity index (χ0v) is 78.8. The maximum absolute atomic E-state index is 13.9. The lowest BCUT2D eigenvalue weighted by Gasteiger charge is -2.41. The van der Waals surface area contributed by atoms with Crippen molar-refractivity contribution in [3.8, 4) is 0 Å². The van der Waals surface area contributed by atoms with Crippen LogP contribution in [0.2, 0.25) is 0 Å². The molecule has 20 nitrogen and oxygen atoms in total. The van der Waals surface area contributed by atoms with Crippen molar-refractivity contribution in [1.29, 1.82) is 0 Å². The fraction of sp³-hybridized carbons (Fsp3) is 0.302. The Hall–Kier alpha value is 3.16. The lowest BCUT2D eigenvalue weighted by molar-refractivity contribution is -0.151. The van der Waals surface area contributed by atoms with Gasteiger partial charge in [0.2, 0.25) is 0 Å². The maximum Gasteiger partial charge on any atom is 0.313 e. The Morgan fingerprint density at radius 2 is 0.611 bits per heavy atom. The van der Waals surface area contributed by atoms with Gasteiger partial charge in [-0.25, -0.2) is 16.8 Å². The van der Waals surface area contributed by atoms with E-state index in [9.17, 15) is 59.5 Å². The van der Waals surface area contributed by atoms with Gasteiger partial charge >= 0.3 is 11.9 Å². The molecule has 37 heteroatoms. The van der Waals surface area contributed by atoms with Crippen molar-refractivity contribution in [1.82, 2.24) is 26.6 Å². The molecule has 5 amide bonds. The summed E-state index contributed by atoms with van der Waals surface area (Å²) in [5, 5.41) is 15.0. The Morgan fingerprint density at radius 1 is 0.367 bits per heavy atom. The number of benzene rings is 5. The predicted octanol–water partition coefficient (Wildman–Crippen LogP) is 12.4. The van der Waals surface area contributed by atoms with Crippen LogP contribution in [-0.2, 0) is 39.3 Å². The Labute approximate surface area is 722 Å². The zero-order valence-electron chi connectivity index (χ0n) is 44.8. The number of ether oxygens (including phenoxy) is 2. The first-order valence-corrected chi connectivity index (χ1v) is 44.7. The minimum Gasteiger partial charge on any atom is -0.748 e. The molecule has 2 fully saturated rings. The molecule has 2 aliphatic rings. The van der Waals surface area contributed by atoms with Crippen LogP contribution in [0.4, 0.5) is 0 Å². The van der Waals surface area contributed by atoms with Crippen LogP contribution in [0.15, 0.2) is 60.7 Å². The van der Waals surface area contributed by atoms with Gasteiger partial charge in [-0.3, -0.25) is 33.6 Å². The number of carbonyl (C=O) groups excluding carboxylic acids is 7. The van der Waals surface area contributed by atoms with Crippen LogP contribution in [0.1, 0.15) is 83.9 Å². The molecule has 4 atom stereocenters. The number of rotatable bonds is 18. The monoisotopic (exact) mass is 2950 g/mol. The zero-order chi connectivity index (χ0) is 67.0. The van der Waals surface area contributed by atoms with E-state index in [2.05, 4.69) is 365 Å². The summed E-state index contributed by atoms with van der Waals surface area (Å²) >= 11 is 31.9. The minimum absolute atomic E-state index is 0.0807. The molecular weight excluding hydrogens is 2910 g/mol. The number of hydrogen-bond donors (Lipinski definition) is 5. The van der Waals surface area contributed by atoms with Crippen LogP contribution < -0.4 is 26.6 Å². The van der Waals surface area contributed by atoms with Gasteiger partial charge in [0.25, 0.3) is 29.5 Å².